The molecule has 0 aliphatic heterocycles. The highest BCUT2D eigenvalue weighted by atomic mass is 19.3. The lowest BCUT2D eigenvalue weighted by molar-refractivity contribution is -0.0974. The van der Waals surface area contributed by atoms with E-state index in [4.69, 9.17) is 0 Å². The summed E-state index contributed by atoms with van der Waals surface area (Å²) in [5, 5.41) is 28.3. The van der Waals surface area contributed by atoms with Gasteiger partial charge in [-0.3, -0.25) is 0 Å². The van der Waals surface area contributed by atoms with Gasteiger partial charge in [0, 0.05) is 23.6 Å². The van der Waals surface area contributed by atoms with Gasteiger partial charge in [-0.2, -0.15) is 0 Å². The average Bonchev–Trinajstić information content (AvgIpc) is 2.49. The number of rotatable bonds is 3. The van der Waals surface area contributed by atoms with E-state index in [1.807, 2.05) is 0 Å². The predicted molar refractivity (Wildman–Crippen MR) is 54.9 cm³/mol. The van der Waals surface area contributed by atoms with Gasteiger partial charge in [0.1, 0.15) is 18.5 Å². The largest absolute Gasteiger partial charge is 0.507 e. The Morgan fingerprint density at radius 1 is 1.32 bits per heavy atom. The van der Waals surface area contributed by atoms with Crippen LogP contribution in [0.15, 0.2) is 6.07 Å². The fourth-order valence-electron chi connectivity index (χ4n) is 2.04. The van der Waals surface area contributed by atoms with Crippen molar-refractivity contribution in [3.8, 4) is 17.2 Å². The number of aliphatic hydroxyl groups is 1. The fourth-order valence-corrected chi connectivity index (χ4v) is 2.04. The Bertz CT molecular complexity index is 504. The van der Waals surface area contributed by atoms with Gasteiger partial charge >= 0.3 is 0 Å². The number of hydrogen-bond acceptors (Lipinski definition) is 4. The van der Waals surface area contributed by atoms with Crippen molar-refractivity contribution in [1.82, 2.24) is 0 Å². The molecule has 106 valence electrons. The van der Waals surface area contributed by atoms with E-state index in [2.05, 4.69) is 4.74 Å². The zero-order valence-electron chi connectivity index (χ0n) is 9.41. The molecular weight excluding hydrogens is 272 g/mol. The highest BCUT2D eigenvalue weighted by Crippen LogP contribution is 2.52. The van der Waals surface area contributed by atoms with Crippen LogP contribution in [0.25, 0.3) is 0 Å². The molecule has 8 heteroatoms. The van der Waals surface area contributed by atoms with E-state index in [-0.39, 0.29) is 5.56 Å². The summed E-state index contributed by atoms with van der Waals surface area (Å²) in [6.07, 6.45) is -6.13. The first-order chi connectivity index (χ1) is 8.74. The Labute approximate surface area is 104 Å². The van der Waals surface area contributed by atoms with Crippen LogP contribution >= 0.6 is 0 Å². The lowest BCUT2D eigenvalue weighted by Gasteiger charge is -2.14. The van der Waals surface area contributed by atoms with Crippen LogP contribution in [-0.4, -0.2) is 34.3 Å². The molecule has 0 radical (unpaired) electrons. The molecule has 19 heavy (non-hydrogen) atoms. The normalized spacial score (nSPS) is 20.6. The number of phenolic OH excluding ortho intramolecular Hbond substituents is 2. The smallest absolute Gasteiger partial charge is 0.281 e. The van der Waals surface area contributed by atoms with Crippen molar-refractivity contribution in [1.29, 1.82) is 0 Å². The lowest BCUT2D eigenvalue weighted by Crippen LogP contribution is -2.21. The van der Waals surface area contributed by atoms with Crippen LogP contribution in [0.3, 0.4) is 0 Å². The van der Waals surface area contributed by atoms with E-state index in [0.29, 0.717) is 6.07 Å². The van der Waals surface area contributed by atoms with Crippen molar-refractivity contribution in [2.75, 3.05) is 6.61 Å². The Hall–Kier alpha value is -1.70. The van der Waals surface area contributed by atoms with Gasteiger partial charge in [0.2, 0.25) is 0 Å². The predicted octanol–water partition coefficient (Wildman–Crippen LogP) is 1.97. The van der Waals surface area contributed by atoms with Crippen molar-refractivity contribution in [2.45, 2.75) is 24.9 Å². The monoisotopic (exact) mass is 282 g/mol. The molecule has 1 unspecified atom stereocenters. The minimum Gasteiger partial charge on any atom is -0.507 e. The molecule has 3 N–H and O–H groups in total. The molecule has 0 spiro atoms. The Morgan fingerprint density at radius 3 is 2.53 bits per heavy atom. The van der Waals surface area contributed by atoms with Crippen LogP contribution in [0.4, 0.5) is 17.6 Å². The standard InChI is InChI=1S/C11H10F4O4/c12-7(13)3-19-9-4-2-11(14,15)10(18)8(4)5(16)1-6(9)17/h1,7,10,16-18H,2-3H2. The second kappa shape index (κ2) is 4.44. The number of aliphatic hydroxyl groups excluding tert-OH is 1. The molecule has 2 rings (SSSR count). The summed E-state index contributed by atoms with van der Waals surface area (Å²) >= 11 is 0. The summed E-state index contributed by atoms with van der Waals surface area (Å²) in [4.78, 5) is 0. The van der Waals surface area contributed by atoms with Gasteiger partial charge in [0.25, 0.3) is 12.3 Å². The van der Waals surface area contributed by atoms with Crippen molar-refractivity contribution in [3.05, 3.63) is 17.2 Å². The SMILES string of the molecule is Oc1cc(O)c2c(c1OCC(F)F)CC(F)(F)C2O. The number of benzene rings is 1. The van der Waals surface area contributed by atoms with Gasteiger partial charge in [-0.1, -0.05) is 0 Å². The first-order valence-corrected chi connectivity index (χ1v) is 5.28. The number of hydrogen-bond donors (Lipinski definition) is 3. The molecule has 0 bridgehead atoms. The van der Waals surface area contributed by atoms with Crippen molar-refractivity contribution < 1.29 is 37.6 Å². The number of ether oxygens (including phenoxy) is 1. The number of fused-ring (bicyclic) bond motifs is 1. The van der Waals surface area contributed by atoms with Gasteiger partial charge in [0.05, 0.1) is 0 Å². The van der Waals surface area contributed by atoms with E-state index in [1.54, 1.807) is 0 Å². The van der Waals surface area contributed by atoms with Gasteiger partial charge in [-0.05, 0) is 0 Å². The quantitative estimate of drug-likeness (QED) is 0.741. The highest BCUT2D eigenvalue weighted by Gasteiger charge is 2.50. The Kier molecular flexibility index (Phi) is 3.21. The average molecular weight is 282 g/mol. The van der Waals surface area contributed by atoms with Crippen LogP contribution in [0, 0.1) is 0 Å². The molecule has 0 saturated carbocycles. The molecule has 1 aliphatic rings. The third-order valence-electron chi connectivity index (χ3n) is 2.82. The number of aromatic hydroxyl groups is 2. The van der Waals surface area contributed by atoms with E-state index in [0.717, 1.165) is 0 Å². The zero-order chi connectivity index (χ0) is 14.4. The zero-order valence-corrected chi connectivity index (χ0v) is 9.41. The van der Waals surface area contributed by atoms with Crippen LogP contribution < -0.4 is 4.74 Å². The minimum atomic E-state index is -3.56. The molecule has 1 aromatic carbocycles. The van der Waals surface area contributed by atoms with Crippen LogP contribution in [0.5, 0.6) is 17.2 Å². The minimum absolute atomic E-state index is 0.365. The second-order valence-electron chi connectivity index (χ2n) is 4.18. The molecule has 1 aliphatic carbocycles. The van der Waals surface area contributed by atoms with Gasteiger partial charge in [-0.15, -0.1) is 0 Å². The maximum atomic E-state index is 13.4. The second-order valence-corrected chi connectivity index (χ2v) is 4.18. The van der Waals surface area contributed by atoms with Gasteiger partial charge in [-0.25, -0.2) is 17.6 Å². The molecule has 4 nitrogen and oxygen atoms in total. The third kappa shape index (κ3) is 2.27. The van der Waals surface area contributed by atoms with E-state index in [1.165, 1.54) is 0 Å². The fraction of sp³-hybridized carbons (Fsp3) is 0.455. The maximum absolute atomic E-state index is 13.4. The Balaban J connectivity index is 2.47. The number of alkyl halides is 4. The topological polar surface area (TPSA) is 69.9 Å². The molecule has 1 atom stereocenters. The third-order valence-corrected chi connectivity index (χ3v) is 2.82. The summed E-state index contributed by atoms with van der Waals surface area (Å²) < 4.78 is 55.4. The van der Waals surface area contributed by atoms with E-state index < -0.39 is 54.3 Å². The highest BCUT2D eigenvalue weighted by molar-refractivity contribution is 5.60. The van der Waals surface area contributed by atoms with Crippen LogP contribution in [0.1, 0.15) is 17.2 Å². The van der Waals surface area contributed by atoms with E-state index in [9.17, 15) is 32.9 Å². The first kappa shape index (κ1) is 13.7. The lowest BCUT2D eigenvalue weighted by atomic mass is 10.1. The van der Waals surface area contributed by atoms with Crippen molar-refractivity contribution >= 4 is 0 Å². The molecule has 0 saturated heterocycles. The summed E-state index contributed by atoms with van der Waals surface area (Å²) in [6.45, 7) is -1.09. The van der Waals surface area contributed by atoms with Crippen LogP contribution in [-0.2, 0) is 6.42 Å². The maximum Gasteiger partial charge on any atom is 0.281 e. The summed E-state index contributed by atoms with van der Waals surface area (Å²) in [7, 11) is 0. The van der Waals surface area contributed by atoms with Gasteiger partial charge < -0.3 is 20.1 Å². The summed E-state index contributed by atoms with van der Waals surface area (Å²) in [6, 6.07) is 0.671. The molecule has 1 aromatic rings. The van der Waals surface area contributed by atoms with Crippen molar-refractivity contribution in [3.63, 3.8) is 0 Å². The van der Waals surface area contributed by atoms with Crippen molar-refractivity contribution in [2.24, 2.45) is 0 Å². The Morgan fingerprint density at radius 2 is 1.95 bits per heavy atom. The summed E-state index contributed by atoms with van der Waals surface area (Å²) in [5.41, 5.74) is -0.872. The molecule has 0 fully saturated rings. The van der Waals surface area contributed by atoms with Gasteiger partial charge in [0.15, 0.2) is 11.5 Å². The number of phenols is 2. The molecule has 0 aromatic heterocycles. The van der Waals surface area contributed by atoms with E-state index >= 15 is 0 Å². The van der Waals surface area contributed by atoms with Crippen LogP contribution in [0.2, 0.25) is 0 Å². The molecule has 0 amide bonds. The summed E-state index contributed by atoms with van der Waals surface area (Å²) in [5.74, 6) is -5.59. The molecular formula is C11H10F4O4. The molecule has 0 heterocycles. The number of halogens is 4. The first-order valence-electron chi connectivity index (χ1n) is 5.28.